The number of carbonyl (C=O) groups is 1. The minimum Gasteiger partial charge on any atom is -0.369 e. The molecule has 17 heavy (non-hydrogen) atoms. The van der Waals surface area contributed by atoms with Crippen LogP contribution in [0.1, 0.15) is 36.6 Å². The van der Waals surface area contributed by atoms with Crippen LogP contribution < -0.4 is 10.6 Å². The van der Waals surface area contributed by atoms with Crippen LogP contribution in [0, 0.1) is 5.92 Å². The predicted molar refractivity (Wildman–Crippen MR) is 66.0 cm³/mol. The second-order valence-electron chi connectivity index (χ2n) is 4.88. The van der Waals surface area contributed by atoms with E-state index in [-0.39, 0.29) is 11.8 Å². The highest BCUT2D eigenvalue weighted by molar-refractivity contribution is 7.15. The van der Waals surface area contributed by atoms with Crippen molar-refractivity contribution in [1.29, 1.82) is 0 Å². The van der Waals surface area contributed by atoms with Crippen LogP contribution in [0.3, 0.4) is 0 Å². The number of hydrogen-bond donors (Lipinski definition) is 1. The minimum absolute atomic E-state index is 0.0305. The van der Waals surface area contributed by atoms with E-state index in [0.29, 0.717) is 12.5 Å². The van der Waals surface area contributed by atoms with Crippen LogP contribution in [0.25, 0.3) is 0 Å². The number of rotatable bonds is 3. The van der Waals surface area contributed by atoms with E-state index in [1.165, 1.54) is 12.8 Å². The summed E-state index contributed by atoms with van der Waals surface area (Å²) in [6.45, 7) is 1.66. The summed E-state index contributed by atoms with van der Waals surface area (Å²) >= 11 is 1.68. The van der Waals surface area contributed by atoms with Crippen molar-refractivity contribution in [3.05, 3.63) is 5.01 Å². The topological polar surface area (TPSA) is 72.1 Å². The molecule has 1 aromatic heterocycles. The van der Waals surface area contributed by atoms with Crippen LogP contribution in [0.4, 0.5) is 5.13 Å². The lowest BCUT2D eigenvalue weighted by molar-refractivity contribution is -0.122. The van der Waals surface area contributed by atoms with Crippen LogP contribution in [-0.2, 0) is 4.79 Å². The largest absolute Gasteiger partial charge is 0.369 e. The zero-order valence-corrected chi connectivity index (χ0v) is 10.4. The highest BCUT2D eigenvalue weighted by Crippen LogP contribution is 2.42. The Morgan fingerprint density at radius 3 is 2.88 bits per heavy atom. The Morgan fingerprint density at radius 2 is 2.18 bits per heavy atom. The standard InChI is InChI=1S/C11H16N4OS/c12-9(16)8-2-1-5-15(6-8)11-14-13-10(17-11)7-3-4-7/h7-8H,1-6H2,(H2,12,16). The van der Waals surface area contributed by atoms with E-state index >= 15 is 0 Å². The van der Waals surface area contributed by atoms with Gasteiger partial charge in [0.15, 0.2) is 0 Å². The van der Waals surface area contributed by atoms with Gasteiger partial charge >= 0.3 is 0 Å². The summed E-state index contributed by atoms with van der Waals surface area (Å²) in [5.41, 5.74) is 5.37. The molecule has 1 atom stereocenters. The maximum Gasteiger partial charge on any atom is 0.222 e. The van der Waals surface area contributed by atoms with Gasteiger partial charge in [0, 0.05) is 19.0 Å². The lowest BCUT2D eigenvalue weighted by Crippen LogP contribution is -2.41. The van der Waals surface area contributed by atoms with Gasteiger partial charge in [-0.15, -0.1) is 10.2 Å². The van der Waals surface area contributed by atoms with Crippen molar-refractivity contribution >= 4 is 22.4 Å². The van der Waals surface area contributed by atoms with Gasteiger partial charge in [-0.3, -0.25) is 4.79 Å². The van der Waals surface area contributed by atoms with Crippen molar-refractivity contribution in [2.45, 2.75) is 31.6 Å². The number of aromatic nitrogens is 2. The van der Waals surface area contributed by atoms with E-state index < -0.39 is 0 Å². The molecule has 1 amide bonds. The Hall–Kier alpha value is -1.17. The fourth-order valence-electron chi connectivity index (χ4n) is 2.23. The molecule has 1 saturated carbocycles. The Kier molecular flexibility index (Phi) is 2.74. The zero-order chi connectivity index (χ0) is 11.8. The first-order chi connectivity index (χ1) is 8.24. The quantitative estimate of drug-likeness (QED) is 0.875. The molecule has 2 fully saturated rings. The molecule has 0 radical (unpaired) electrons. The van der Waals surface area contributed by atoms with E-state index in [4.69, 9.17) is 5.73 Å². The van der Waals surface area contributed by atoms with E-state index in [1.807, 2.05) is 0 Å². The van der Waals surface area contributed by atoms with Gasteiger partial charge in [0.2, 0.25) is 11.0 Å². The summed E-state index contributed by atoms with van der Waals surface area (Å²) in [5.74, 6) is 0.427. The molecule has 1 aliphatic heterocycles. The smallest absolute Gasteiger partial charge is 0.222 e. The molecule has 5 nitrogen and oxygen atoms in total. The van der Waals surface area contributed by atoms with Gasteiger partial charge in [0.1, 0.15) is 5.01 Å². The number of nitrogens with zero attached hydrogens (tertiary/aromatic N) is 3. The Bertz CT molecular complexity index is 429. The van der Waals surface area contributed by atoms with Crippen molar-refractivity contribution in [2.75, 3.05) is 18.0 Å². The summed E-state index contributed by atoms with van der Waals surface area (Å²) in [7, 11) is 0. The van der Waals surface area contributed by atoms with E-state index in [9.17, 15) is 4.79 Å². The van der Waals surface area contributed by atoms with Crippen molar-refractivity contribution < 1.29 is 4.79 Å². The molecule has 2 aliphatic rings. The van der Waals surface area contributed by atoms with Crippen LogP contribution in [0.15, 0.2) is 0 Å². The number of primary amides is 1. The monoisotopic (exact) mass is 252 g/mol. The molecule has 0 aromatic carbocycles. The molecule has 2 N–H and O–H groups in total. The van der Waals surface area contributed by atoms with Crippen LogP contribution in [-0.4, -0.2) is 29.2 Å². The first-order valence-corrected chi connectivity index (χ1v) is 6.93. The molecule has 0 bridgehead atoms. The molecule has 1 aliphatic carbocycles. The second kappa shape index (κ2) is 4.25. The molecule has 3 rings (SSSR count). The zero-order valence-electron chi connectivity index (χ0n) is 9.63. The first-order valence-electron chi connectivity index (χ1n) is 6.11. The van der Waals surface area contributed by atoms with E-state index in [0.717, 1.165) is 29.5 Å². The van der Waals surface area contributed by atoms with Gasteiger partial charge in [-0.2, -0.15) is 0 Å². The first kappa shape index (κ1) is 11.0. The molecule has 92 valence electrons. The molecule has 1 saturated heterocycles. The molecule has 1 aromatic rings. The van der Waals surface area contributed by atoms with Crippen LogP contribution in [0.5, 0.6) is 0 Å². The number of carbonyl (C=O) groups excluding carboxylic acids is 1. The van der Waals surface area contributed by atoms with Gasteiger partial charge in [-0.1, -0.05) is 11.3 Å². The van der Waals surface area contributed by atoms with Crippen molar-refractivity contribution in [3.63, 3.8) is 0 Å². The fourth-order valence-corrected chi connectivity index (χ4v) is 3.28. The van der Waals surface area contributed by atoms with Crippen LogP contribution >= 0.6 is 11.3 Å². The Labute approximate surface area is 104 Å². The van der Waals surface area contributed by atoms with Gasteiger partial charge in [-0.05, 0) is 25.7 Å². The third-order valence-electron chi connectivity index (χ3n) is 3.45. The number of amides is 1. The van der Waals surface area contributed by atoms with Crippen LogP contribution in [0.2, 0.25) is 0 Å². The second-order valence-corrected chi connectivity index (χ2v) is 5.87. The van der Waals surface area contributed by atoms with E-state index in [1.54, 1.807) is 11.3 Å². The highest BCUT2D eigenvalue weighted by Gasteiger charge is 2.30. The Morgan fingerprint density at radius 1 is 1.35 bits per heavy atom. The van der Waals surface area contributed by atoms with Gasteiger partial charge in [0.25, 0.3) is 0 Å². The molecular formula is C11H16N4OS. The summed E-state index contributed by atoms with van der Waals surface area (Å²) in [6, 6.07) is 0. The van der Waals surface area contributed by atoms with Gasteiger partial charge < -0.3 is 10.6 Å². The summed E-state index contributed by atoms with van der Waals surface area (Å²) < 4.78 is 0. The van der Waals surface area contributed by atoms with Crippen molar-refractivity contribution in [2.24, 2.45) is 11.7 Å². The normalized spacial score (nSPS) is 24.9. The number of nitrogens with two attached hydrogens (primary N) is 1. The maximum atomic E-state index is 11.2. The third-order valence-corrected chi connectivity index (χ3v) is 4.60. The average molecular weight is 252 g/mol. The highest BCUT2D eigenvalue weighted by atomic mass is 32.1. The fraction of sp³-hybridized carbons (Fsp3) is 0.727. The third kappa shape index (κ3) is 2.26. The molecule has 2 heterocycles. The molecule has 0 spiro atoms. The molecular weight excluding hydrogens is 236 g/mol. The number of anilines is 1. The van der Waals surface area contributed by atoms with Crippen molar-refractivity contribution in [1.82, 2.24) is 10.2 Å². The van der Waals surface area contributed by atoms with Gasteiger partial charge in [-0.25, -0.2) is 0 Å². The minimum atomic E-state index is -0.193. The van der Waals surface area contributed by atoms with Gasteiger partial charge in [0.05, 0.1) is 5.92 Å². The summed E-state index contributed by atoms with van der Waals surface area (Å²) in [4.78, 5) is 13.4. The van der Waals surface area contributed by atoms with Crippen molar-refractivity contribution in [3.8, 4) is 0 Å². The summed E-state index contributed by atoms with van der Waals surface area (Å²) in [5, 5.41) is 10.6. The lowest BCUT2D eigenvalue weighted by atomic mass is 9.98. The summed E-state index contributed by atoms with van der Waals surface area (Å²) in [6.07, 6.45) is 4.41. The SMILES string of the molecule is NC(=O)C1CCCN(c2nnc(C3CC3)s2)C1. The maximum absolute atomic E-state index is 11.2. The average Bonchev–Trinajstić information content (AvgIpc) is 3.07. The molecule has 6 heteroatoms. The number of piperidine rings is 1. The molecule has 1 unspecified atom stereocenters. The van der Waals surface area contributed by atoms with E-state index in [2.05, 4.69) is 15.1 Å². The Balaban J connectivity index is 1.71. The number of hydrogen-bond acceptors (Lipinski definition) is 5. The predicted octanol–water partition coefficient (Wildman–Crippen LogP) is 1.12. The lowest BCUT2D eigenvalue weighted by Gasteiger charge is -2.30.